The smallest absolute Gasteiger partial charge is 0.222 e. The molecule has 3 nitrogen and oxygen atoms in total. The minimum absolute atomic E-state index is 0. The minimum atomic E-state index is 0. The van der Waals surface area contributed by atoms with Crippen LogP contribution < -0.4 is 5.32 Å². The molecule has 1 N–H and O–H groups in total. The maximum Gasteiger partial charge on any atom is 0.222 e. The average Bonchev–Trinajstić information content (AvgIpc) is 3.42. The summed E-state index contributed by atoms with van der Waals surface area (Å²) in [7, 11) is 0. The molecule has 0 atom stereocenters. The van der Waals surface area contributed by atoms with E-state index in [1.807, 2.05) is 0 Å². The van der Waals surface area contributed by atoms with Crippen LogP contribution in [0, 0.1) is 5.92 Å². The number of carbonyl (C=O) groups excluding carboxylic acids is 1. The van der Waals surface area contributed by atoms with Crippen molar-refractivity contribution in [2.45, 2.75) is 70.8 Å². The van der Waals surface area contributed by atoms with Crippen molar-refractivity contribution in [2.75, 3.05) is 19.6 Å². The molecule has 1 heterocycles. The van der Waals surface area contributed by atoms with E-state index in [0.29, 0.717) is 18.4 Å². The summed E-state index contributed by atoms with van der Waals surface area (Å²) in [5, 5.41) is 3.68. The molecule has 1 amide bonds. The van der Waals surface area contributed by atoms with Gasteiger partial charge in [-0.15, -0.1) is 12.4 Å². The molecule has 1 aliphatic heterocycles. The van der Waals surface area contributed by atoms with Gasteiger partial charge >= 0.3 is 0 Å². The van der Waals surface area contributed by atoms with Crippen LogP contribution in [0.5, 0.6) is 0 Å². The molecule has 0 spiro atoms. The topological polar surface area (TPSA) is 32.3 Å². The summed E-state index contributed by atoms with van der Waals surface area (Å²) in [6.45, 7) is 9.72. The van der Waals surface area contributed by atoms with E-state index < -0.39 is 0 Å². The van der Waals surface area contributed by atoms with E-state index in [0.717, 1.165) is 38.3 Å². The summed E-state index contributed by atoms with van der Waals surface area (Å²) in [6, 6.07) is 9.40. The second-order valence-corrected chi connectivity index (χ2v) is 8.95. The molecule has 0 aromatic heterocycles. The summed E-state index contributed by atoms with van der Waals surface area (Å²) in [5.41, 5.74) is 2.80. The van der Waals surface area contributed by atoms with E-state index in [4.69, 9.17) is 0 Å². The summed E-state index contributed by atoms with van der Waals surface area (Å²) in [4.78, 5) is 14.6. The van der Waals surface area contributed by atoms with Gasteiger partial charge in [-0.2, -0.15) is 0 Å². The van der Waals surface area contributed by atoms with Crippen LogP contribution in [-0.2, 0) is 16.6 Å². The quantitative estimate of drug-likeness (QED) is 0.799. The molecule has 4 heteroatoms. The Morgan fingerprint density at radius 1 is 1.08 bits per heavy atom. The van der Waals surface area contributed by atoms with E-state index >= 15 is 0 Å². The second-order valence-electron chi connectivity index (χ2n) is 8.95. The molecule has 1 aliphatic carbocycles. The largest absolute Gasteiger partial charge is 0.343 e. The van der Waals surface area contributed by atoms with Gasteiger partial charge in [0.25, 0.3) is 0 Å². The molecular weight excluding hydrogens is 344 g/mol. The van der Waals surface area contributed by atoms with Crippen LogP contribution in [0.2, 0.25) is 0 Å². The van der Waals surface area contributed by atoms with E-state index in [2.05, 4.69) is 55.3 Å². The average molecular weight is 379 g/mol. The van der Waals surface area contributed by atoms with Crippen molar-refractivity contribution in [1.29, 1.82) is 0 Å². The third-order valence-corrected chi connectivity index (χ3v) is 5.69. The van der Waals surface area contributed by atoms with Gasteiger partial charge in [0.2, 0.25) is 5.91 Å². The lowest BCUT2D eigenvalue weighted by atomic mass is 9.86. The molecule has 146 valence electrons. The SMILES string of the molecule is CC(C)(C)c1ccc(CCC(=O)N2CCC(NCC3CC3)CC2)cc1.Cl. The third kappa shape index (κ3) is 6.28. The van der Waals surface area contributed by atoms with Gasteiger partial charge in [0.1, 0.15) is 0 Å². The zero-order valence-corrected chi connectivity index (χ0v) is 17.4. The number of hydrogen-bond donors (Lipinski definition) is 1. The highest BCUT2D eigenvalue weighted by molar-refractivity contribution is 5.85. The fourth-order valence-electron chi connectivity index (χ4n) is 3.57. The van der Waals surface area contributed by atoms with Crippen LogP contribution in [0.4, 0.5) is 0 Å². The number of nitrogens with zero attached hydrogens (tertiary/aromatic N) is 1. The van der Waals surface area contributed by atoms with Crippen LogP contribution in [0.25, 0.3) is 0 Å². The molecular formula is C22H35ClN2O. The van der Waals surface area contributed by atoms with Gasteiger partial charge < -0.3 is 10.2 Å². The summed E-state index contributed by atoms with van der Waals surface area (Å²) in [6.07, 6.45) is 6.51. The predicted octanol–water partition coefficient (Wildman–Crippen LogP) is 4.33. The molecule has 2 fully saturated rings. The number of amides is 1. The van der Waals surface area contributed by atoms with Crippen LogP contribution in [-0.4, -0.2) is 36.5 Å². The number of nitrogens with one attached hydrogen (secondary N) is 1. The first-order valence-corrected chi connectivity index (χ1v) is 10.0. The Morgan fingerprint density at radius 2 is 1.69 bits per heavy atom. The first kappa shape index (κ1) is 21.2. The number of hydrogen-bond acceptors (Lipinski definition) is 2. The van der Waals surface area contributed by atoms with E-state index in [-0.39, 0.29) is 17.8 Å². The van der Waals surface area contributed by atoms with Crippen LogP contribution in [0.1, 0.15) is 64.0 Å². The summed E-state index contributed by atoms with van der Waals surface area (Å²) >= 11 is 0. The van der Waals surface area contributed by atoms with Crippen LogP contribution in [0.3, 0.4) is 0 Å². The molecule has 3 rings (SSSR count). The molecule has 1 aromatic rings. The maximum absolute atomic E-state index is 12.5. The van der Waals surface area contributed by atoms with E-state index in [9.17, 15) is 4.79 Å². The van der Waals surface area contributed by atoms with E-state index in [1.165, 1.54) is 30.5 Å². The zero-order chi connectivity index (χ0) is 17.9. The molecule has 1 saturated heterocycles. The molecule has 2 aliphatic rings. The van der Waals surface area contributed by atoms with Crippen molar-refractivity contribution < 1.29 is 4.79 Å². The Bertz CT molecular complexity index is 567. The highest BCUT2D eigenvalue weighted by Crippen LogP contribution is 2.28. The first-order chi connectivity index (χ1) is 11.9. The number of carbonyl (C=O) groups is 1. The number of rotatable bonds is 6. The lowest BCUT2D eigenvalue weighted by molar-refractivity contribution is -0.132. The van der Waals surface area contributed by atoms with Crippen molar-refractivity contribution in [1.82, 2.24) is 10.2 Å². The standard InChI is InChI=1S/C22H34N2O.ClH/c1-22(2,3)19-9-6-17(7-10-19)8-11-21(25)24-14-12-20(13-15-24)23-16-18-4-5-18;/h6-7,9-10,18,20,23H,4-5,8,11-16H2,1-3H3;1H. The van der Waals surface area contributed by atoms with Gasteiger partial charge in [0.05, 0.1) is 0 Å². The predicted molar refractivity (Wildman–Crippen MR) is 111 cm³/mol. The van der Waals surface area contributed by atoms with E-state index in [1.54, 1.807) is 0 Å². The summed E-state index contributed by atoms with van der Waals surface area (Å²) < 4.78 is 0. The highest BCUT2D eigenvalue weighted by Gasteiger charge is 2.25. The number of benzene rings is 1. The van der Waals surface area contributed by atoms with Crippen molar-refractivity contribution >= 4 is 18.3 Å². The number of aryl methyl sites for hydroxylation is 1. The third-order valence-electron chi connectivity index (χ3n) is 5.69. The van der Waals surface area contributed by atoms with Gasteiger partial charge in [0.15, 0.2) is 0 Å². The molecule has 1 saturated carbocycles. The molecule has 0 unspecified atom stereocenters. The second kappa shape index (κ2) is 9.23. The molecule has 26 heavy (non-hydrogen) atoms. The Balaban J connectivity index is 0.00000243. The van der Waals surface area contributed by atoms with Gasteiger partial charge in [0, 0.05) is 25.6 Å². The van der Waals surface area contributed by atoms with Gasteiger partial charge in [-0.1, -0.05) is 45.0 Å². The summed E-state index contributed by atoms with van der Waals surface area (Å²) in [5.74, 6) is 1.25. The Hall–Kier alpha value is -1.06. The molecule has 0 radical (unpaired) electrons. The van der Waals surface area contributed by atoms with Crippen LogP contribution >= 0.6 is 12.4 Å². The van der Waals surface area contributed by atoms with Crippen molar-refractivity contribution in [2.24, 2.45) is 5.92 Å². The van der Waals surface area contributed by atoms with Crippen molar-refractivity contribution in [3.63, 3.8) is 0 Å². The Labute approximate surface area is 165 Å². The molecule has 0 bridgehead atoms. The maximum atomic E-state index is 12.5. The Morgan fingerprint density at radius 3 is 2.23 bits per heavy atom. The monoisotopic (exact) mass is 378 g/mol. The first-order valence-electron chi connectivity index (χ1n) is 10.0. The Kier molecular flexibility index (Phi) is 7.54. The fraction of sp³-hybridized carbons (Fsp3) is 0.682. The number of halogens is 1. The van der Waals surface area contributed by atoms with Crippen LogP contribution in [0.15, 0.2) is 24.3 Å². The lowest BCUT2D eigenvalue weighted by Crippen LogP contribution is -2.45. The van der Waals surface area contributed by atoms with Crippen molar-refractivity contribution in [3.05, 3.63) is 35.4 Å². The van der Waals surface area contributed by atoms with Crippen molar-refractivity contribution in [3.8, 4) is 0 Å². The molecule has 1 aromatic carbocycles. The van der Waals surface area contributed by atoms with Gasteiger partial charge in [-0.3, -0.25) is 4.79 Å². The number of likely N-dealkylation sites (tertiary alicyclic amines) is 1. The zero-order valence-electron chi connectivity index (χ0n) is 16.6. The highest BCUT2D eigenvalue weighted by atomic mass is 35.5. The van der Waals surface area contributed by atoms with Gasteiger partial charge in [-0.05, 0) is 61.1 Å². The fourth-order valence-corrected chi connectivity index (χ4v) is 3.57. The minimum Gasteiger partial charge on any atom is -0.343 e. The lowest BCUT2D eigenvalue weighted by Gasteiger charge is -2.32. The normalized spacial score (nSPS) is 18.5. The van der Waals surface area contributed by atoms with Gasteiger partial charge in [-0.25, -0.2) is 0 Å². The number of piperidine rings is 1.